The Kier molecular flexibility index (Phi) is 5.56. The molecule has 3 amide bonds. The van der Waals surface area contributed by atoms with E-state index in [-0.39, 0.29) is 16.8 Å². The van der Waals surface area contributed by atoms with Gasteiger partial charge < -0.3 is 5.32 Å². The maximum Gasteiger partial charge on any atom is 0.337 e. The van der Waals surface area contributed by atoms with Crippen molar-refractivity contribution in [2.75, 3.05) is 5.32 Å². The zero-order chi connectivity index (χ0) is 19.3. The lowest BCUT2D eigenvalue weighted by Crippen LogP contribution is -2.43. The van der Waals surface area contributed by atoms with Crippen LogP contribution < -0.4 is 16.2 Å². The molecule has 2 aromatic carbocycles. The van der Waals surface area contributed by atoms with Crippen LogP contribution in [0.1, 0.15) is 36.7 Å². The van der Waals surface area contributed by atoms with E-state index in [4.69, 9.17) is 0 Å². The number of benzene rings is 2. The monoisotopic (exact) mass is 356 g/mol. The summed E-state index contributed by atoms with van der Waals surface area (Å²) in [5.74, 6) is -0.473. The molecule has 0 spiro atoms. The second-order valence-corrected chi connectivity index (χ2v) is 6.67. The number of urea groups is 1. The Morgan fingerprint density at radius 3 is 2.23 bits per heavy atom. The molecular weight excluding hydrogens is 336 g/mol. The van der Waals surface area contributed by atoms with Crippen LogP contribution in [0.3, 0.4) is 0 Å². The van der Waals surface area contributed by atoms with Crippen LogP contribution >= 0.6 is 0 Å². The summed E-state index contributed by atoms with van der Waals surface area (Å²) in [4.78, 5) is 34.0. The van der Waals surface area contributed by atoms with Crippen molar-refractivity contribution >= 4 is 23.3 Å². The highest BCUT2D eigenvalue weighted by Crippen LogP contribution is 2.22. The van der Waals surface area contributed by atoms with Crippen molar-refractivity contribution in [1.82, 2.24) is 10.9 Å². The molecule has 0 saturated heterocycles. The number of nitrogens with zero attached hydrogens (tertiary/aromatic N) is 1. The highest BCUT2D eigenvalue weighted by atomic mass is 16.6. The Morgan fingerprint density at radius 1 is 1.00 bits per heavy atom. The lowest BCUT2D eigenvalue weighted by molar-refractivity contribution is -0.384. The van der Waals surface area contributed by atoms with Crippen LogP contribution in [0.5, 0.6) is 0 Å². The third-order valence-corrected chi connectivity index (χ3v) is 3.62. The summed E-state index contributed by atoms with van der Waals surface area (Å²) in [5, 5.41) is 13.1. The van der Waals surface area contributed by atoms with Crippen LogP contribution in [-0.2, 0) is 5.41 Å². The Bertz CT molecular complexity index is 826. The quantitative estimate of drug-likeness (QED) is 0.578. The minimum absolute atomic E-state index is 0.0224. The lowest BCUT2D eigenvalue weighted by atomic mass is 9.87. The second kappa shape index (κ2) is 7.64. The minimum atomic E-state index is -0.717. The molecule has 0 aliphatic heterocycles. The summed E-state index contributed by atoms with van der Waals surface area (Å²) in [6, 6.07) is 11.8. The summed E-state index contributed by atoms with van der Waals surface area (Å²) in [5.41, 5.74) is 6.04. The van der Waals surface area contributed by atoms with Crippen LogP contribution in [0.15, 0.2) is 48.5 Å². The molecule has 0 unspecified atom stereocenters. The number of carbonyl (C=O) groups excluding carboxylic acids is 2. The van der Waals surface area contributed by atoms with Crippen LogP contribution in [0.2, 0.25) is 0 Å². The summed E-state index contributed by atoms with van der Waals surface area (Å²) in [6.07, 6.45) is 0. The molecule has 0 aromatic heterocycles. The van der Waals surface area contributed by atoms with Crippen molar-refractivity contribution in [3.63, 3.8) is 0 Å². The first kappa shape index (κ1) is 18.9. The van der Waals surface area contributed by atoms with E-state index in [1.54, 1.807) is 12.1 Å². The van der Waals surface area contributed by atoms with Gasteiger partial charge in [0.15, 0.2) is 0 Å². The highest BCUT2D eigenvalue weighted by molar-refractivity contribution is 5.97. The van der Waals surface area contributed by atoms with Crippen LogP contribution in [-0.4, -0.2) is 16.9 Å². The average molecular weight is 356 g/mol. The average Bonchev–Trinajstić information content (AvgIpc) is 2.59. The number of hydrogen-bond donors (Lipinski definition) is 3. The number of hydrogen-bond acceptors (Lipinski definition) is 4. The van der Waals surface area contributed by atoms with Gasteiger partial charge >= 0.3 is 6.03 Å². The van der Waals surface area contributed by atoms with Gasteiger partial charge in [-0.1, -0.05) is 39.0 Å². The number of hydrazine groups is 1. The predicted octanol–water partition coefficient (Wildman–Crippen LogP) is 3.36. The fraction of sp³-hybridized carbons (Fsp3) is 0.222. The van der Waals surface area contributed by atoms with Gasteiger partial charge in [-0.25, -0.2) is 10.2 Å². The van der Waals surface area contributed by atoms with Crippen molar-refractivity contribution in [2.24, 2.45) is 0 Å². The van der Waals surface area contributed by atoms with Crippen LogP contribution in [0.4, 0.5) is 16.2 Å². The second-order valence-electron chi connectivity index (χ2n) is 6.67. The smallest absolute Gasteiger partial charge is 0.306 e. The standard InChI is InChI=1S/C18H20N4O4/c1-18(2,3)13-9-7-12(8-10-13)16(23)20-21-17(24)19-14-5-4-6-15(11-14)22(25)26/h4-11H,1-3H3,(H,20,23)(H2,19,21,24). The predicted molar refractivity (Wildman–Crippen MR) is 97.9 cm³/mol. The number of amides is 3. The fourth-order valence-electron chi connectivity index (χ4n) is 2.17. The van der Waals surface area contributed by atoms with Gasteiger partial charge in [-0.05, 0) is 29.2 Å². The first-order chi connectivity index (χ1) is 12.2. The van der Waals surface area contributed by atoms with Gasteiger partial charge in [-0.15, -0.1) is 0 Å². The van der Waals surface area contributed by atoms with Gasteiger partial charge in [0.25, 0.3) is 11.6 Å². The largest absolute Gasteiger partial charge is 0.337 e. The Morgan fingerprint density at radius 2 is 1.65 bits per heavy atom. The van der Waals surface area contributed by atoms with Gasteiger partial charge in [-0.2, -0.15) is 0 Å². The molecule has 0 bridgehead atoms. The van der Waals surface area contributed by atoms with Gasteiger partial charge in [0, 0.05) is 23.4 Å². The SMILES string of the molecule is CC(C)(C)c1ccc(C(=O)NNC(=O)Nc2cccc([N+](=O)[O-])c2)cc1. The summed E-state index contributed by atoms with van der Waals surface area (Å²) in [7, 11) is 0. The maximum absolute atomic E-state index is 12.1. The normalized spacial score (nSPS) is 10.7. The molecule has 0 aliphatic rings. The summed E-state index contributed by atoms with van der Waals surface area (Å²) in [6.45, 7) is 6.21. The molecule has 0 atom stereocenters. The highest BCUT2D eigenvalue weighted by Gasteiger charge is 2.14. The first-order valence-electron chi connectivity index (χ1n) is 7.89. The van der Waals surface area contributed by atoms with Gasteiger partial charge in [0.2, 0.25) is 0 Å². The Labute approximate surface area is 150 Å². The van der Waals surface area contributed by atoms with Gasteiger partial charge in [-0.3, -0.25) is 20.3 Å². The molecule has 2 aromatic rings. The third-order valence-electron chi connectivity index (χ3n) is 3.62. The van der Waals surface area contributed by atoms with Crippen molar-refractivity contribution in [3.8, 4) is 0 Å². The van der Waals surface area contributed by atoms with E-state index < -0.39 is 16.9 Å². The summed E-state index contributed by atoms with van der Waals surface area (Å²) < 4.78 is 0. The van der Waals surface area contributed by atoms with Crippen LogP contribution in [0, 0.1) is 10.1 Å². The summed E-state index contributed by atoms with van der Waals surface area (Å²) >= 11 is 0. The topological polar surface area (TPSA) is 113 Å². The number of nitro groups is 1. The number of nitrogens with one attached hydrogen (secondary N) is 3. The lowest BCUT2D eigenvalue weighted by Gasteiger charge is -2.19. The van der Waals surface area contributed by atoms with E-state index in [0.29, 0.717) is 5.56 Å². The van der Waals surface area contributed by atoms with E-state index in [0.717, 1.165) is 5.56 Å². The van der Waals surface area contributed by atoms with E-state index >= 15 is 0 Å². The van der Waals surface area contributed by atoms with Gasteiger partial charge in [0.05, 0.1) is 4.92 Å². The van der Waals surface area contributed by atoms with Crippen molar-refractivity contribution in [3.05, 3.63) is 69.8 Å². The van der Waals surface area contributed by atoms with Crippen molar-refractivity contribution in [1.29, 1.82) is 0 Å². The Balaban J connectivity index is 1.91. The van der Waals surface area contributed by atoms with E-state index in [9.17, 15) is 19.7 Å². The van der Waals surface area contributed by atoms with Crippen molar-refractivity contribution in [2.45, 2.75) is 26.2 Å². The molecule has 2 rings (SSSR count). The number of non-ortho nitro benzene ring substituents is 1. The van der Waals surface area contributed by atoms with E-state index in [2.05, 4.69) is 36.9 Å². The number of rotatable bonds is 3. The molecule has 8 nitrogen and oxygen atoms in total. The number of anilines is 1. The molecule has 3 N–H and O–H groups in total. The fourth-order valence-corrected chi connectivity index (χ4v) is 2.17. The third kappa shape index (κ3) is 5.04. The maximum atomic E-state index is 12.1. The van der Waals surface area contributed by atoms with E-state index in [1.807, 2.05) is 12.1 Å². The molecule has 0 radical (unpaired) electrons. The number of carbonyl (C=O) groups is 2. The Hall–Kier alpha value is -3.42. The van der Waals surface area contributed by atoms with Crippen LogP contribution in [0.25, 0.3) is 0 Å². The van der Waals surface area contributed by atoms with E-state index in [1.165, 1.54) is 24.3 Å². The molecule has 8 heteroatoms. The van der Waals surface area contributed by atoms with Crippen molar-refractivity contribution < 1.29 is 14.5 Å². The molecule has 0 heterocycles. The molecule has 136 valence electrons. The molecular formula is C18H20N4O4. The first-order valence-corrected chi connectivity index (χ1v) is 7.89. The van der Waals surface area contributed by atoms with Gasteiger partial charge in [0.1, 0.15) is 0 Å². The number of nitro benzene ring substituents is 1. The molecule has 0 aliphatic carbocycles. The molecule has 0 fully saturated rings. The molecule has 26 heavy (non-hydrogen) atoms. The minimum Gasteiger partial charge on any atom is -0.306 e. The zero-order valence-corrected chi connectivity index (χ0v) is 14.7. The molecule has 0 saturated carbocycles. The zero-order valence-electron chi connectivity index (χ0n) is 14.7.